The van der Waals surface area contributed by atoms with Crippen LogP contribution in [0.5, 0.6) is 0 Å². The quantitative estimate of drug-likeness (QED) is 0.376. The number of rotatable bonds is 4. The number of nitrogens with one attached hydrogen (secondary N) is 2. The van der Waals surface area contributed by atoms with Crippen molar-refractivity contribution in [2.24, 2.45) is 0 Å². The first-order chi connectivity index (χ1) is 9.08. The molecule has 1 saturated heterocycles. The summed E-state index contributed by atoms with van der Waals surface area (Å²) in [6.07, 6.45) is 8.57. The molecule has 0 saturated carbocycles. The molecule has 1 aliphatic rings. The number of cyclic esters (lactones) is 1. The maximum atomic E-state index is 11.9. The Bertz CT molecular complexity index is 469. The number of allylic oxidation sites excluding steroid dienone is 4. The van der Waals surface area contributed by atoms with Gasteiger partial charge in [-0.1, -0.05) is 13.0 Å². The van der Waals surface area contributed by atoms with Crippen LogP contribution in [0.2, 0.25) is 0 Å². The molecule has 0 bridgehead atoms. The van der Waals surface area contributed by atoms with Crippen molar-refractivity contribution in [1.29, 1.82) is 0 Å². The van der Waals surface area contributed by atoms with Gasteiger partial charge in [0.05, 0.1) is 0 Å². The number of alkyl carbamates (subject to hydrolysis) is 1. The Hall–Kier alpha value is -1.68. The molecule has 1 unspecified atom stereocenters. The second kappa shape index (κ2) is 9.26. The SMILES string of the molecule is CC=[C-]/C(=C\C=C/C)C(=O)NC1COC(=O)NC1=O.[W]. The van der Waals surface area contributed by atoms with E-state index in [4.69, 9.17) is 0 Å². The van der Waals surface area contributed by atoms with E-state index in [1.165, 1.54) is 0 Å². The minimum atomic E-state index is -0.891. The molecular weight excluding hydrogens is 432 g/mol. The summed E-state index contributed by atoms with van der Waals surface area (Å²) in [5.74, 6) is -1.05. The third-order valence-corrected chi connectivity index (χ3v) is 2.23. The van der Waals surface area contributed by atoms with Crippen LogP contribution < -0.4 is 10.6 Å². The van der Waals surface area contributed by atoms with Crippen LogP contribution in [0.15, 0.2) is 29.9 Å². The first-order valence-electron chi connectivity index (χ1n) is 5.74. The van der Waals surface area contributed by atoms with Crippen LogP contribution in [0.1, 0.15) is 13.8 Å². The zero-order valence-electron chi connectivity index (χ0n) is 11.1. The van der Waals surface area contributed by atoms with Crippen LogP contribution in [0.25, 0.3) is 0 Å². The molecule has 0 aliphatic carbocycles. The van der Waals surface area contributed by atoms with Gasteiger partial charge in [-0.05, 0) is 6.92 Å². The number of imide groups is 1. The number of hydrogen-bond acceptors (Lipinski definition) is 4. The second-order valence-corrected chi connectivity index (χ2v) is 3.65. The van der Waals surface area contributed by atoms with Crippen molar-refractivity contribution in [3.63, 3.8) is 0 Å². The molecule has 1 aliphatic heterocycles. The Morgan fingerprint density at radius 3 is 2.70 bits per heavy atom. The number of carbonyl (C=O) groups excluding carboxylic acids is 3. The first kappa shape index (κ1) is 18.3. The van der Waals surface area contributed by atoms with Gasteiger partial charge < -0.3 is 14.8 Å². The predicted molar refractivity (Wildman–Crippen MR) is 67.8 cm³/mol. The maximum Gasteiger partial charge on any atom is 0.413 e. The third kappa shape index (κ3) is 5.53. The first-order valence-corrected chi connectivity index (χ1v) is 5.74. The van der Waals surface area contributed by atoms with Gasteiger partial charge in [0.25, 0.3) is 5.91 Å². The number of ether oxygens (including phenoxy) is 1. The van der Waals surface area contributed by atoms with Crippen molar-refractivity contribution in [3.05, 3.63) is 36.0 Å². The minimum absolute atomic E-state index is 0. The Balaban J connectivity index is 0.00000361. The topological polar surface area (TPSA) is 84.5 Å². The van der Waals surface area contributed by atoms with Crippen molar-refractivity contribution < 1.29 is 40.2 Å². The molecule has 0 aromatic rings. The molecule has 108 valence electrons. The van der Waals surface area contributed by atoms with E-state index in [-0.39, 0.29) is 33.2 Å². The van der Waals surface area contributed by atoms with Gasteiger partial charge in [-0.3, -0.25) is 10.1 Å². The van der Waals surface area contributed by atoms with E-state index < -0.39 is 23.9 Å². The zero-order chi connectivity index (χ0) is 14.3. The molecule has 2 N–H and O–H groups in total. The average molecular weight is 447 g/mol. The van der Waals surface area contributed by atoms with E-state index in [2.05, 4.69) is 16.1 Å². The smallest absolute Gasteiger partial charge is 0.413 e. The van der Waals surface area contributed by atoms with Crippen LogP contribution in [0.4, 0.5) is 4.79 Å². The van der Waals surface area contributed by atoms with Crippen molar-refractivity contribution in [1.82, 2.24) is 10.6 Å². The fraction of sp³-hybridized carbons (Fsp3) is 0.308. The standard InChI is InChI=1S/C13H15N2O4.W/c1-3-5-7-9(6-4-2)11(16)14-10-8-19-13(18)15-12(10)17;/h3-5,7,10H,8H2,1-2H3,(H,14,16)(H,15,17,18);/q-1;/b5-3-,9-7+;. The van der Waals surface area contributed by atoms with E-state index in [0.717, 1.165) is 0 Å². The largest absolute Gasteiger partial charge is 0.447 e. The molecule has 1 fully saturated rings. The van der Waals surface area contributed by atoms with Crippen LogP contribution >= 0.6 is 0 Å². The summed E-state index contributed by atoms with van der Waals surface area (Å²) in [7, 11) is 0. The zero-order valence-corrected chi connectivity index (χ0v) is 14.1. The van der Waals surface area contributed by atoms with Crippen molar-refractivity contribution >= 4 is 17.9 Å². The van der Waals surface area contributed by atoms with Crippen molar-refractivity contribution in [2.45, 2.75) is 19.9 Å². The van der Waals surface area contributed by atoms with Gasteiger partial charge in [0.1, 0.15) is 18.6 Å². The average Bonchev–Trinajstić information content (AvgIpc) is 2.37. The van der Waals surface area contributed by atoms with Gasteiger partial charge in [0, 0.05) is 21.1 Å². The Morgan fingerprint density at radius 2 is 2.15 bits per heavy atom. The predicted octanol–water partition coefficient (Wildman–Crippen LogP) is 0.617. The number of carbonyl (C=O) groups is 3. The maximum absolute atomic E-state index is 11.9. The van der Waals surface area contributed by atoms with E-state index in [1.807, 2.05) is 12.2 Å². The van der Waals surface area contributed by atoms with Gasteiger partial charge in [0.2, 0.25) is 0 Å². The summed E-state index contributed by atoms with van der Waals surface area (Å²) in [6, 6.07) is -0.891. The van der Waals surface area contributed by atoms with Gasteiger partial charge >= 0.3 is 6.09 Å². The van der Waals surface area contributed by atoms with Crippen molar-refractivity contribution in [3.8, 4) is 0 Å². The molecule has 1 rings (SSSR count). The Labute approximate surface area is 131 Å². The van der Waals surface area contributed by atoms with Crippen LogP contribution in [-0.4, -0.2) is 30.6 Å². The summed E-state index contributed by atoms with van der Waals surface area (Å²) in [5, 5.41) is 4.44. The van der Waals surface area contributed by atoms with Crippen molar-refractivity contribution in [2.75, 3.05) is 6.61 Å². The Kier molecular flexibility index (Phi) is 8.48. The minimum Gasteiger partial charge on any atom is -0.447 e. The third-order valence-electron chi connectivity index (χ3n) is 2.23. The second-order valence-electron chi connectivity index (χ2n) is 3.65. The normalized spacial score (nSPS) is 19.5. The molecule has 0 radical (unpaired) electrons. The fourth-order valence-corrected chi connectivity index (χ4v) is 1.34. The summed E-state index contributed by atoms with van der Waals surface area (Å²) in [5.41, 5.74) is 0.283. The van der Waals surface area contributed by atoms with Crippen LogP contribution in [0.3, 0.4) is 0 Å². The molecule has 0 aromatic heterocycles. The summed E-state index contributed by atoms with van der Waals surface area (Å²) in [6.45, 7) is 3.37. The van der Waals surface area contributed by atoms with Gasteiger partial charge in [-0.25, -0.2) is 4.79 Å². The van der Waals surface area contributed by atoms with E-state index in [1.54, 1.807) is 31.2 Å². The molecule has 1 heterocycles. The van der Waals surface area contributed by atoms with Crippen LogP contribution in [0, 0.1) is 6.08 Å². The number of hydrogen-bond donors (Lipinski definition) is 2. The van der Waals surface area contributed by atoms with Gasteiger partial charge in [-0.2, -0.15) is 12.2 Å². The molecular formula is C13H15N2O4W-. The van der Waals surface area contributed by atoms with E-state index >= 15 is 0 Å². The number of amides is 3. The molecule has 0 spiro atoms. The molecule has 3 amide bonds. The summed E-state index contributed by atoms with van der Waals surface area (Å²) >= 11 is 0. The summed E-state index contributed by atoms with van der Waals surface area (Å²) < 4.78 is 4.64. The molecule has 0 aromatic carbocycles. The molecule has 6 nitrogen and oxygen atoms in total. The van der Waals surface area contributed by atoms with Gasteiger partial charge in [-0.15, -0.1) is 17.7 Å². The Morgan fingerprint density at radius 1 is 1.45 bits per heavy atom. The van der Waals surface area contributed by atoms with Crippen LogP contribution in [-0.2, 0) is 35.4 Å². The van der Waals surface area contributed by atoms with E-state index in [0.29, 0.717) is 0 Å². The van der Waals surface area contributed by atoms with Gasteiger partial charge in [0.15, 0.2) is 0 Å². The molecule has 1 atom stereocenters. The summed E-state index contributed by atoms with van der Waals surface area (Å²) in [4.78, 5) is 34.1. The monoisotopic (exact) mass is 447 g/mol. The molecule has 20 heavy (non-hydrogen) atoms. The van der Waals surface area contributed by atoms with E-state index in [9.17, 15) is 14.4 Å². The fourth-order valence-electron chi connectivity index (χ4n) is 1.34. The molecule has 7 heteroatoms.